The first-order valence-electron chi connectivity index (χ1n) is 8.96. The highest BCUT2D eigenvalue weighted by molar-refractivity contribution is 5.95. The Labute approximate surface area is 156 Å². The highest BCUT2D eigenvalue weighted by atomic mass is 16.4. The summed E-state index contributed by atoms with van der Waals surface area (Å²) in [5.74, 6) is -0.109. The SMILES string of the molecule is Cc1nc(N2CCCCC2)ncc1C(=O)N[C@H](C)c1n[nH]c(CC(=O)O)n1. The van der Waals surface area contributed by atoms with E-state index in [0.29, 0.717) is 23.0 Å². The van der Waals surface area contributed by atoms with Gasteiger partial charge in [0.25, 0.3) is 5.91 Å². The molecule has 1 fully saturated rings. The lowest BCUT2D eigenvalue weighted by atomic mass is 10.1. The molecule has 1 saturated heterocycles. The Morgan fingerprint density at radius 2 is 2.04 bits per heavy atom. The normalized spacial score (nSPS) is 15.4. The number of aromatic amines is 1. The van der Waals surface area contributed by atoms with Gasteiger partial charge in [-0.25, -0.2) is 15.0 Å². The maximum Gasteiger partial charge on any atom is 0.311 e. The number of hydrogen-bond acceptors (Lipinski definition) is 7. The second-order valence-electron chi connectivity index (χ2n) is 6.62. The van der Waals surface area contributed by atoms with Crippen LogP contribution in [0.25, 0.3) is 0 Å². The van der Waals surface area contributed by atoms with Gasteiger partial charge in [-0.05, 0) is 33.1 Å². The van der Waals surface area contributed by atoms with E-state index in [4.69, 9.17) is 5.11 Å². The Bertz CT molecular complexity index is 830. The maximum atomic E-state index is 12.6. The number of nitrogens with one attached hydrogen (secondary N) is 2. The molecule has 1 atom stereocenters. The van der Waals surface area contributed by atoms with Gasteiger partial charge in [0.1, 0.15) is 12.2 Å². The molecule has 1 amide bonds. The van der Waals surface area contributed by atoms with Gasteiger partial charge in [-0.1, -0.05) is 0 Å². The zero-order valence-corrected chi connectivity index (χ0v) is 15.4. The first-order valence-corrected chi connectivity index (χ1v) is 8.96. The number of piperidine rings is 1. The largest absolute Gasteiger partial charge is 0.481 e. The first-order chi connectivity index (χ1) is 12.9. The van der Waals surface area contributed by atoms with Crippen LogP contribution in [0, 0.1) is 6.92 Å². The number of anilines is 1. The molecule has 3 N–H and O–H groups in total. The minimum Gasteiger partial charge on any atom is -0.481 e. The fraction of sp³-hybridized carbons (Fsp3) is 0.529. The van der Waals surface area contributed by atoms with E-state index < -0.39 is 12.0 Å². The number of carbonyl (C=O) groups excluding carboxylic acids is 1. The van der Waals surface area contributed by atoms with E-state index >= 15 is 0 Å². The quantitative estimate of drug-likeness (QED) is 0.682. The Morgan fingerprint density at radius 1 is 1.30 bits per heavy atom. The molecule has 27 heavy (non-hydrogen) atoms. The van der Waals surface area contributed by atoms with Gasteiger partial charge in [-0.2, -0.15) is 5.10 Å². The third-order valence-corrected chi connectivity index (χ3v) is 4.45. The summed E-state index contributed by atoms with van der Waals surface area (Å²) >= 11 is 0. The molecule has 0 saturated carbocycles. The molecule has 1 aliphatic rings. The number of H-pyrrole nitrogens is 1. The molecule has 144 valence electrons. The minimum absolute atomic E-state index is 0.240. The zero-order chi connectivity index (χ0) is 19.4. The van der Waals surface area contributed by atoms with Crippen molar-refractivity contribution in [1.29, 1.82) is 0 Å². The molecule has 0 bridgehead atoms. The summed E-state index contributed by atoms with van der Waals surface area (Å²) in [7, 11) is 0. The molecule has 2 aromatic rings. The van der Waals surface area contributed by atoms with Crippen molar-refractivity contribution in [3.8, 4) is 0 Å². The van der Waals surface area contributed by atoms with Crippen molar-refractivity contribution in [1.82, 2.24) is 30.5 Å². The van der Waals surface area contributed by atoms with Gasteiger partial charge in [0, 0.05) is 19.3 Å². The minimum atomic E-state index is -1.00. The summed E-state index contributed by atoms with van der Waals surface area (Å²) in [5, 5.41) is 18.1. The maximum absolute atomic E-state index is 12.6. The predicted octanol–water partition coefficient (Wildman–Crippen LogP) is 1.01. The zero-order valence-electron chi connectivity index (χ0n) is 15.4. The van der Waals surface area contributed by atoms with Gasteiger partial charge >= 0.3 is 5.97 Å². The van der Waals surface area contributed by atoms with Gasteiger partial charge in [0.15, 0.2) is 5.82 Å². The van der Waals surface area contributed by atoms with Crippen molar-refractivity contribution < 1.29 is 14.7 Å². The standard InChI is InChI=1S/C17H23N7O3/c1-10-12(9-18-17(20-10)24-6-4-3-5-7-24)16(27)19-11(2)15-21-13(22-23-15)8-14(25)26/h9,11H,3-8H2,1-2H3,(H,19,27)(H,25,26)(H,21,22,23)/t11-/m1/s1. The van der Waals surface area contributed by atoms with Crippen molar-refractivity contribution in [2.45, 2.75) is 45.6 Å². The second kappa shape index (κ2) is 8.11. The topological polar surface area (TPSA) is 137 Å². The van der Waals surface area contributed by atoms with E-state index in [0.717, 1.165) is 25.9 Å². The average molecular weight is 373 g/mol. The fourth-order valence-electron chi connectivity index (χ4n) is 2.99. The summed E-state index contributed by atoms with van der Waals surface area (Å²) in [6, 6.07) is -0.488. The number of aromatic nitrogens is 5. The van der Waals surface area contributed by atoms with Crippen molar-refractivity contribution in [3.05, 3.63) is 29.1 Å². The molecule has 0 unspecified atom stereocenters. The van der Waals surface area contributed by atoms with Crippen LogP contribution < -0.4 is 10.2 Å². The van der Waals surface area contributed by atoms with Gasteiger partial charge in [-0.3, -0.25) is 14.7 Å². The molecular formula is C17H23N7O3. The van der Waals surface area contributed by atoms with Gasteiger partial charge < -0.3 is 15.3 Å². The van der Waals surface area contributed by atoms with Crippen molar-refractivity contribution >= 4 is 17.8 Å². The number of hydrogen-bond donors (Lipinski definition) is 3. The van der Waals surface area contributed by atoms with Crippen molar-refractivity contribution in [2.75, 3.05) is 18.0 Å². The van der Waals surface area contributed by atoms with Crippen LogP contribution >= 0.6 is 0 Å². The number of rotatable bonds is 6. The van der Waals surface area contributed by atoms with Gasteiger partial charge in [0.05, 0.1) is 17.3 Å². The lowest BCUT2D eigenvalue weighted by Crippen LogP contribution is -2.32. The van der Waals surface area contributed by atoms with Crippen LogP contribution in [0.15, 0.2) is 6.20 Å². The molecule has 2 aromatic heterocycles. The Balaban J connectivity index is 1.66. The molecular weight excluding hydrogens is 350 g/mol. The van der Waals surface area contributed by atoms with Gasteiger partial charge in [0.2, 0.25) is 5.95 Å². The molecule has 1 aliphatic heterocycles. The summed E-state index contributed by atoms with van der Waals surface area (Å²) < 4.78 is 0. The number of carboxylic acids is 1. The Hall–Kier alpha value is -3.04. The highest BCUT2D eigenvalue weighted by Gasteiger charge is 2.20. The van der Waals surface area contributed by atoms with E-state index in [2.05, 4.69) is 35.4 Å². The Morgan fingerprint density at radius 3 is 2.70 bits per heavy atom. The summed E-state index contributed by atoms with van der Waals surface area (Å²) in [6.45, 7) is 5.38. The van der Waals surface area contributed by atoms with Crippen molar-refractivity contribution in [2.24, 2.45) is 0 Å². The van der Waals surface area contributed by atoms with Crippen LogP contribution in [0.5, 0.6) is 0 Å². The third kappa shape index (κ3) is 4.57. The lowest BCUT2D eigenvalue weighted by Gasteiger charge is -2.26. The number of nitrogens with zero attached hydrogens (tertiary/aromatic N) is 5. The predicted molar refractivity (Wildman–Crippen MR) is 96.4 cm³/mol. The van der Waals surface area contributed by atoms with Crippen LogP contribution in [0.4, 0.5) is 5.95 Å². The van der Waals surface area contributed by atoms with Crippen LogP contribution in [0.2, 0.25) is 0 Å². The molecule has 0 radical (unpaired) electrons. The number of amides is 1. The van der Waals surface area contributed by atoms with Gasteiger partial charge in [-0.15, -0.1) is 0 Å². The molecule has 0 spiro atoms. The fourth-order valence-corrected chi connectivity index (χ4v) is 2.99. The van der Waals surface area contributed by atoms with E-state index in [9.17, 15) is 9.59 Å². The van der Waals surface area contributed by atoms with Crippen LogP contribution in [-0.4, -0.2) is 55.2 Å². The van der Waals surface area contributed by atoms with Crippen molar-refractivity contribution in [3.63, 3.8) is 0 Å². The molecule has 10 heteroatoms. The molecule has 3 heterocycles. The lowest BCUT2D eigenvalue weighted by molar-refractivity contribution is -0.136. The highest BCUT2D eigenvalue weighted by Crippen LogP contribution is 2.17. The second-order valence-corrected chi connectivity index (χ2v) is 6.62. The van der Waals surface area contributed by atoms with E-state index in [1.54, 1.807) is 20.0 Å². The molecule has 10 nitrogen and oxygen atoms in total. The van der Waals surface area contributed by atoms with E-state index in [1.165, 1.54) is 6.42 Å². The smallest absolute Gasteiger partial charge is 0.311 e. The summed E-state index contributed by atoms with van der Waals surface area (Å²) in [4.78, 5) is 38.3. The number of carboxylic acid groups (broad SMARTS) is 1. The number of carbonyl (C=O) groups is 2. The van der Waals surface area contributed by atoms with Crippen LogP contribution in [0.1, 0.15) is 59.9 Å². The third-order valence-electron chi connectivity index (χ3n) is 4.45. The number of aliphatic carboxylic acids is 1. The van der Waals surface area contributed by atoms with Crippen LogP contribution in [0.3, 0.4) is 0 Å². The average Bonchev–Trinajstić information content (AvgIpc) is 3.10. The first kappa shape index (κ1) is 18.7. The monoisotopic (exact) mass is 373 g/mol. The molecule has 0 aromatic carbocycles. The van der Waals surface area contributed by atoms with Crippen LogP contribution in [-0.2, 0) is 11.2 Å². The van der Waals surface area contributed by atoms with E-state index in [1.807, 2.05) is 0 Å². The molecule has 3 rings (SSSR count). The summed E-state index contributed by atoms with van der Waals surface area (Å²) in [5.41, 5.74) is 1.00. The van der Waals surface area contributed by atoms with E-state index in [-0.39, 0.29) is 18.2 Å². The number of aryl methyl sites for hydroxylation is 1. The summed E-state index contributed by atoms with van der Waals surface area (Å²) in [6.07, 6.45) is 4.77. The molecule has 0 aliphatic carbocycles. The Kier molecular flexibility index (Phi) is 5.63.